The first kappa shape index (κ1) is 21.1. The molecule has 140 valence electrons. The van der Waals surface area contributed by atoms with Gasteiger partial charge >= 0.3 is 0 Å². The Morgan fingerprint density at radius 2 is 1.88 bits per heavy atom. The van der Waals surface area contributed by atoms with Gasteiger partial charge in [-0.15, -0.1) is 11.8 Å². The quantitative estimate of drug-likeness (QED) is 0.584. The van der Waals surface area contributed by atoms with Crippen molar-refractivity contribution >= 4 is 40.9 Å². The summed E-state index contributed by atoms with van der Waals surface area (Å²) in [6, 6.07) is 13.9. The maximum absolute atomic E-state index is 12.1. The van der Waals surface area contributed by atoms with Gasteiger partial charge in [-0.2, -0.15) is 0 Å². The molecular formula is C19H21Cl2NO3S. The summed E-state index contributed by atoms with van der Waals surface area (Å²) in [5.41, 5.74) is 1.67. The normalized spacial score (nSPS) is 13.2. The second-order valence-corrected chi connectivity index (χ2v) is 7.67. The van der Waals surface area contributed by atoms with Gasteiger partial charge in [0.15, 0.2) is 0 Å². The Morgan fingerprint density at radius 3 is 2.54 bits per heavy atom. The highest BCUT2D eigenvalue weighted by atomic mass is 35.5. The van der Waals surface area contributed by atoms with Crippen molar-refractivity contribution in [1.82, 2.24) is 5.32 Å². The zero-order chi connectivity index (χ0) is 18.9. The summed E-state index contributed by atoms with van der Waals surface area (Å²) in [6.45, 7) is -0.233. The van der Waals surface area contributed by atoms with E-state index in [2.05, 4.69) is 5.32 Å². The first-order valence-corrected chi connectivity index (χ1v) is 10.1. The third-order valence-corrected chi connectivity index (χ3v) is 5.35. The summed E-state index contributed by atoms with van der Waals surface area (Å²) in [6.07, 6.45) is -0.492. The number of carbonyl (C=O) groups excluding carboxylic acids is 1. The predicted octanol–water partition coefficient (Wildman–Crippen LogP) is 3.83. The van der Waals surface area contributed by atoms with E-state index in [0.29, 0.717) is 15.8 Å². The average Bonchev–Trinajstić information content (AvgIpc) is 2.63. The molecule has 2 atom stereocenters. The van der Waals surface area contributed by atoms with Crippen molar-refractivity contribution in [3.8, 4) is 0 Å². The zero-order valence-electron chi connectivity index (χ0n) is 14.1. The third-order valence-electron chi connectivity index (χ3n) is 3.78. The number of aliphatic hydroxyl groups excluding tert-OH is 2. The first-order valence-electron chi connectivity index (χ1n) is 8.14. The Kier molecular flexibility index (Phi) is 8.75. The number of nitrogens with one attached hydrogen (secondary N) is 1. The molecule has 0 bridgehead atoms. The zero-order valence-corrected chi connectivity index (χ0v) is 16.4. The monoisotopic (exact) mass is 413 g/mol. The Balaban J connectivity index is 1.77. The van der Waals surface area contributed by atoms with E-state index in [0.717, 1.165) is 11.1 Å². The molecule has 7 heteroatoms. The smallest absolute Gasteiger partial charge is 0.230 e. The fraction of sp³-hybridized carbons (Fsp3) is 0.316. The lowest BCUT2D eigenvalue weighted by atomic mass is 10.0. The van der Waals surface area contributed by atoms with Crippen LogP contribution in [0.4, 0.5) is 0 Å². The Bertz CT molecular complexity index is 715. The number of hydrogen-bond acceptors (Lipinski definition) is 4. The lowest BCUT2D eigenvalue weighted by Gasteiger charge is -2.20. The summed E-state index contributed by atoms with van der Waals surface area (Å²) in [5.74, 6) is 0.621. The van der Waals surface area contributed by atoms with Crippen molar-refractivity contribution in [3.63, 3.8) is 0 Å². The fourth-order valence-corrected chi connectivity index (χ4v) is 3.82. The van der Waals surface area contributed by atoms with E-state index >= 15 is 0 Å². The number of hydrogen-bond donors (Lipinski definition) is 3. The molecule has 4 nitrogen and oxygen atoms in total. The van der Waals surface area contributed by atoms with Crippen molar-refractivity contribution < 1.29 is 15.0 Å². The maximum atomic E-state index is 12.1. The minimum Gasteiger partial charge on any atom is -0.394 e. The minimum atomic E-state index is -0.742. The number of thioether (sulfide) groups is 1. The van der Waals surface area contributed by atoms with Crippen LogP contribution in [0.25, 0.3) is 0 Å². The van der Waals surface area contributed by atoms with Gasteiger partial charge in [-0.3, -0.25) is 4.79 Å². The van der Waals surface area contributed by atoms with Crippen LogP contribution < -0.4 is 5.32 Å². The van der Waals surface area contributed by atoms with Crippen LogP contribution in [0.1, 0.15) is 23.7 Å². The molecule has 2 aromatic rings. The van der Waals surface area contributed by atoms with Gasteiger partial charge in [-0.25, -0.2) is 0 Å². The Labute approximate surface area is 167 Å². The summed E-state index contributed by atoms with van der Waals surface area (Å²) < 4.78 is 0. The summed E-state index contributed by atoms with van der Waals surface area (Å²) in [5, 5.41) is 23.6. The highest BCUT2D eigenvalue weighted by molar-refractivity contribution is 7.99. The van der Waals surface area contributed by atoms with Crippen LogP contribution in [0.2, 0.25) is 10.0 Å². The largest absolute Gasteiger partial charge is 0.394 e. The van der Waals surface area contributed by atoms with Crippen molar-refractivity contribution in [2.24, 2.45) is 0 Å². The van der Waals surface area contributed by atoms with E-state index in [9.17, 15) is 15.0 Å². The molecule has 0 fully saturated rings. The van der Waals surface area contributed by atoms with Gasteiger partial charge in [-0.05, 0) is 29.7 Å². The Morgan fingerprint density at radius 1 is 1.15 bits per heavy atom. The molecule has 2 rings (SSSR count). The number of aliphatic hydroxyl groups is 2. The number of carbonyl (C=O) groups is 1. The molecule has 0 aromatic heterocycles. The average molecular weight is 414 g/mol. The molecule has 26 heavy (non-hydrogen) atoms. The molecule has 0 radical (unpaired) electrons. The molecular weight excluding hydrogens is 393 g/mol. The lowest BCUT2D eigenvalue weighted by Crippen LogP contribution is -2.39. The number of halogens is 2. The Hall–Kier alpha value is -1.24. The third kappa shape index (κ3) is 6.82. The van der Waals surface area contributed by atoms with Crippen LogP contribution >= 0.6 is 35.0 Å². The second-order valence-electron chi connectivity index (χ2n) is 5.84. The minimum absolute atomic E-state index is 0.195. The van der Waals surface area contributed by atoms with Gasteiger partial charge in [0.25, 0.3) is 0 Å². The fourth-order valence-electron chi connectivity index (χ4n) is 2.42. The van der Waals surface area contributed by atoms with E-state index in [1.165, 1.54) is 11.8 Å². The van der Waals surface area contributed by atoms with Gasteiger partial charge in [-0.1, -0.05) is 59.6 Å². The van der Waals surface area contributed by atoms with Crippen LogP contribution in [-0.2, 0) is 10.5 Å². The molecule has 1 amide bonds. The first-order chi connectivity index (χ1) is 12.5. The van der Waals surface area contributed by atoms with E-state index in [1.54, 1.807) is 12.1 Å². The maximum Gasteiger partial charge on any atom is 0.230 e. The second kappa shape index (κ2) is 10.8. The van der Waals surface area contributed by atoms with E-state index < -0.39 is 12.1 Å². The van der Waals surface area contributed by atoms with Crippen molar-refractivity contribution in [3.05, 3.63) is 69.7 Å². The van der Waals surface area contributed by atoms with Crippen LogP contribution in [0.3, 0.4) is 0 Å². The number of amides is 1. The standard InChI is InChI=1S/C19H21Cl2NO3S/c20-15-7-6-14(17(21)8-15)11-26-12-19(25)22-16(10-23)9-18(24)13-4-2-1-3-5-13/h1-8,16,18,23-24H,9-12H2,(H,22,25). The van der Waals surface area contributed by atoms with Crippen LogP contribution in [0.15, 0.2) is 48.5 Å². The van der Waals surface area contributed by atoms with Crippen LogP contribution in [-0.4, -0.2) is 34.5 Å². The van der Waals surface area contributed by atoms with Crippen LogP contribution in [0.5, 0.6) is 0 Å². The van der Waals surface area contributed by atoms with Crippen molar-refractivity contribution in [1.29, 1.82) is 0 Å². The SMILES string of the molecule is O=C(CSCc1ccc(Cl)cc1Cl)NC(CO)CC(O)c1ccccc1. The van der Waals surface area contributed by atoms with E-state index in [-0.39, 0.29) is 24.7 Å². The lowest BCUT2D eigenvalue weighted by molar-refractivity contribution is -0.119. The van der Waals surface area contributed by atoms with Gasteiger partial charge in [0.2, 0.25) is 5.91 Å². The molecule has 0 aliphatic carbocycles. The van der Waals surface area contributed by atoms with Crippen molar-refractivity contribution in [2.75, 3.05) is 12.4 Å². The van der Waals surface area contributed by atoms with Gasteiger partial charge in [0.05, 0.1) is 24.5 Å². The van der Waals surface area contributed by atoms with Crippen LogP contribution in [0, 0.1) is 0 Å². The number of rotatable bonds is 9. The van der Waals surface area contributed by atoms with Gasteiger partial charge in [0.1, 0.15) is 0 Å². The highest BCUT2D eigenvalue weighted by Gasteiger charge is 2.17. The topological polar surface area (TPSA) is 69.6 Å². The molecule has 0 heterocycles. The predicted molar refractivity (Wildman–Crippen MR) is 108 cm³/mol. The molecule has 0 spiro atoms. The molecule has 0 saturated heterocycles. The molecule has 0 aliphatic heterocycles. The molecule has 0 saturated carbocycles. The molecule has 2 aromatic carbocycles. The van der Waals surface area contributed by atoms with Crippen molar-refractivity contribution in [2.45, 2.75) is 24.3 Å². The molecule has 3 N–H and O–H groups in total. The van der Waals surface area contributed by atoms with E-state index in [1.807, 2.05) is 36.4 Å². The molecule has 2 unspecified atom stereocenters. The van der Waals surface area contributed by atoms with E-state index in [4.69, 9.17) is 23.2 Å². The van der Waals surface area contributed by atoms with Gasteiger partial charge < -0.3 is 15.5 Å². The number of benzene rings is 2. The highest BCUT2D eigenvalue weighted by Crippen LogP contribution is 2.24. The summed E-state index contributed by atoms with van der Waals surface area (Å²) >= 11 is 13.4. The summed E-state index contributed by atoms with van der Waals surface area (Å²) in [4.78, 5) is 12.1. The molecule has 0 aliphatic rings. The summed E-state index contributed by atoms with van der Waals surface area (Å²) in [7, 11) is 0. The van der Waals surface area contributed by atoms with Gasteiger partial charge in [0, 0.05) is 15.8 Å².